The molecule has 2 saturated heterocycles. The number of carbonyl (C=O) groups excluding carboxylic acids is 2. The van der Waals surface area contributed by atoms with Crippen molar-refractivity contribution in [2.24, 2.45) is 0 Å². The quantitative estimate of drug-likeness (QED) is 0.581. The van der Waals surface area contributed by atoms with Gasteiger partial charge in [-0.05, 0) is 55.9 Å². The van der Waals surface area contributed by atoms with E-state index in [1.54, 1.807) is 25.7 Å². The van der Waals surface area contributed by atoms with Gasteiger partial charge in [0.15, 0.2) is 0 Å². The molecule has 39 heavy (non-hydrogen) atoms. The molecule has 2 aromatic rings. The number of amides is 2. The average molecular weight is 537 g/mol. The summed E-state index contributed by atoms with van der Waals surface area (Å²) in [5.74, 6) is -1.06. The van der Waals surface area contributed by atoms with Crippen LogP contribution in [-0.4, -0.2) is 83.2 Å². The van der Waals surface area contributed by atoms with E-state index in [2.05, 4.69) is 24.3 Å². The van der Waals surface area contributed by atoms with Crippen LogP contribution in [0.25, 0.3) is 11.1 Å². The number of hydrogen-bond donors (Lipinski definition) is 1. The molecule has 0 unspecified atom stereocenters. The molecule has 2 amide bonds. The maximum absolute atomic E-state index is 12.9. The lowest BCUT2D eigenvalue weighted by Gasteiger charge is -2.33. The molecule has 2 fully saturated rings. The molecule has 2 atom stereocenters. The van der Waals surface area contributed by atoms with Gasteiger partial charge < -0.3 is 24.2 Å². The van der Waals surface area contributed by atoms with E-state index in [0.29, 0.717) is 25.9 Å². The van der Waals surface area contributed by atoms with Crippen molar-refractivity contribution in [3.63, 3.8) is 0 Å². The number of fused-ring (bicyclic) bond motifs is 3. The number of ether oxygens (including phenoxy) is 3. The Kier molecular flexibility index (Phi) is 7.53. The van der Waals surface area contributed by atoms with E-state index in [-0.39, 0.29) is 37.7 Å². The number of carboxylic acids is 1. The summed E-state index contributed by atoms with van der Waals surface area (Å²) >= 11 is 0. The van der Waals surface area contributed by atoms with Crippen LogP contribution in [-0.2, 0) is 19.0 Å². The molecule has 0 spiro atoms. The third kappa shape index (κ3) is 5.88. The molecule has 1 N–H and O–H groups in total. The molecule has 9 nitrogen and oxygen atoms in total. The Morgan fingerprint density at radius 2 is 1.49 bits per heavy atom. The zero-order chi connectivity index (χ0) is 27.7. The second-order valence-corrected chi connectivity index (χ2v) is 11.5. The summed E-state index contributed by atoms with van der Waals surface area (Å²) in [4.78, 5) is 40.2. The summed E-state index contributed by atoms with van der Waals surface area (Å²) in [6.07, 6.45) is -0.0636. The first kappa shape index (κ1) is 27.0. The van der Waals surface area contributed by atoms with Crippen molar-refractivity contribution in [1.29, 1.82) is 0 Å². The predicted octanol–water partition coefficient (Wildman–Crippen LogP) is 4.88. The highest BCUT2D eigenvalue weighted by atomic mass is 16.6. The summed E-state index contributed by atoms with van der Waals surface area (Å²) < 4.78 is 17.4. The van der Waals surface area contributed by atoms with E-state index in [4.69, 9.17) is 14.2 Å². The molecular formula is C30H36N2O7. The largest absolute Gasteiger partial charge is 0.480 e. The molecule has 0 aromatic heterocycles. The number of likely N-dealkylation sites (tertiary alicyclic amines) is 2. The minimum atomic E-state index is -1.07. The van der Waals surface area contributed by atoms with Crippen LogP contribution < -0.4 is 0 Å². The van der Waals surface area contributed by atoms with Gasteiger partial charge in [0.2, 0.25) is 0 Å². The van der Waals surface area contributed by atoms with E-state index < -0.39 is 29.8 Å². The van der Waals surface area contributed by atoms with Crippen molar-refractivity contribution < 1.29 is 33.7 Å². The molecular weight excluding hydrogens is 500 g/mol. The zero-order valence-electron chi connectivity index (χ0n) is 22.7. The van der Waals surface area contributed by atoms with Gasteiger partial charge >= 0.3 is 18.2 Å². The Morgan fingerprint density at radius 3 is 2.05 bits per heavy atom. The summed E-state index contributed by atoms with van der Waals surface area (Å²) in [7, 11) is 0. The highest BCUT2D eigenvalue weighted by molar-refractivity contribution is 5.81. The van der Waals surface area contributed by atoms with Crippen LogP contribution in [0.5, 0.6) is 0 Å². The first-order chi connectivity index (χ1) is 18.6. The lowest BCUT2D eigenvalue weighted by molar-refractivity contribution is -0.142. The van der Waals surface area contributed by atoms with Crippen LogP contribution in [0.4, 0.5) is 9.59 Å². The van der Waals surface area contributed by atoms with E-state index in [1.165, 1.54) is 27.2 Å². The molecule has 0 radical (unpaired) electrons. The number of rotatable bonds is 5. The smallest absolute Gasteiger partial charge is 0.411 e. The molecule has 0 bridgehead atoms. The van der Waals surface area contributed by atoms with Crippen molar-refractivity contribution in [3.8, 4) is 11.1 Å². The molecule has 2 aromatic carbocycles. The van der Waals surface area contributed by atoms with Crippen LogP contribution in [0, 0.1) is 0 Å². The van der Waals surface area contributed by atoms with E-state index in [1.807, 2.05) is 24.3 Å². The van der Waals surface area contributed by atoms with Gasteiger partial charge in [-0.2, -0.15) is 0 Å². The topological polar surface area (TPSA) is 106 Å². The molecule has 208 valence electrons. The van der Waals surface area contributed by atoms with E-state index in [9.17, 15) is 19.5 Å². The number of carbonyl (C=O) groups is 3. The summed E-state index contributed by atoms with van der Waals surface area (Å²) in [6.45, 7) is 6.67. The number of aliphatic carboxylic acids is 1. The van der Waals surface area contributed by atoms with Crippen molar-refractivity contribution in [2.45, 2.75) is 69.8 Å². The van der Waals surface area contributed by atoms with Crippen molar-refractivity contribution >= 4 is 18.2 Å². The zero-order valence-corrected chi connectivity index (χ0v) is 22.7. The van der Waals surface area contributed by atoms with E-state index >= 15 is 0 Å². The fourth-order valence-corrected chi connectivity index (χ4v) is 5.78. The molecule has 2 heterocycles. The Balaban J connectivity index is 1.12. The van der Waals surface area contributed by atoms with Crippen LogP contribution in [0.1, 0.15) is 57.1 Å². The van der Waals surface area contributed by atoms with Crippen molar-refractivity contribution in [2.75, 3.05) is 26.2 Å². The third-order valence-electron chi connectivity index (χ3n) is 7.60. The Hall–Kier alpha value is -3.59. The van der Waals surface area contributed by atoms with Gasteiger partial charge in [-0.3, -0.25) is 4.90 Å². The fraction of sp³-hybridized carbons (Fsp3) is 0.500. The lowest BCUT2D eigenvalue weighted by Crippen LogP contribution is -2.44. The summed E-state index contributed by atoms with van der Waals surface area (Å²) in [5.41, 5.74) is 4.01. The maximum atomic E-state index is 12.9. The van der Waals surface area contributed by atoms with Crippen molar-refractivity contribution in [3.05, 3.63) is 59.7 Å². The molecule has 9 heteroatoms. The first-order valence-corrected chi connectivity index (χ1v) is 13.6. The Bertz CT molecular complexity index is 1190. The van der Waals surface area contributed by atoms with Crippen LogP contribution >= 0.6 is 0 Å². The van der Waals surface area contributed by atoms with Crippen LogP contribution in [0.3, 0.4) is 0 Å². The van der Waals surface area contributed by atoms with Crippen LogP contribution in [0.15, 0.2) is 48.5 Å². The highest BCUT2D eigenvalue weighted by Crippen LogP contribution is 2.44. The number of hydrogen-bond acceptors (Lipinski definition) is 6. The molecule has 5 rings (SSSR count). The summed E-state index contributed by atoms with van der Waals surface area (Å²) in [5, 5.41) is 9.62. The number of carboxylic acid groups (broad SMARTS) is 1. The normalized spacial score (nSPS) is 21.4. The standard InChI is InChI=1S/C30H36N2O7/c1-30(2,3)39-29(36)32-17-20(16-26(32)27(33)34)38-19-12-14-31(15-13-19)28(35)37-18-25-23-10-6-4-8-21(23)22-9-5-7-11-24(22)25/h4-11,19-20,25-26H,12-18H2,1-3H3,(H,33,34)/t20-,26+/m1/s1. The Morgan fingerprint density at radius 1 is 0.897 bits per heavy atom. The number of benzene rings is 2. The third-order valence-corrected chi connectivity index (χ3v) is 7.60. The van der Waals surface area contributed by atoms with Gasteiger partial charge in [0.05, 0.1) is 18.8 Å². The van der Waals surface area contributed by atoms with Gasteiger partial charge in [0.1, 0.15) is 18.2 Å². The lowest BCUT2D eigenvalue weighted by atomic mass is 9.98. The number of nitrogens with zero attached hydrogens (tertiary/aromatic N) is 2. The molecule has 0 saturated carbocycles. The minimum absolute atomic E-state index is 0.0136. The number of piperidine rings is 1. The minimum Gasteiger partial charge on any atom is -0.480 e. The van der Waals surface area contributed by atoms with Gasteiger partial charge in [-0.1, -0.05) is 48.5 Å². The van der Waals surface area contributed by atoms with Gasteiger partial charge in [0.25, 0.3) is 0 Å². The molecule has 1 aliphatic carbocycles. The predicted molar refractivity (Wildman–Crippen MR) is 144 cm³/mol. The summed E-state index contributed by atoms with van der Waals surface area (Å²) in [6, 6.07) is 15.5. The van der Waals surface area contributed by atoms with E-state index in [0.717, 1.165) is 0 Å². The highest BCUT2D eigenvalue weighted by Gasteiger charge is 2.43. The molecule has 3 aliphatic rings. The van der Waals surface area contributed by atoms with Crippen LogP contribution in [0.2, 0.25) is 0 Å². The SMILES string of the molecule is CC(C)(C)OC(=O)N1C[C@H](OC2CCN(C(=O)OCC3c4ccccc4-c4ccccc43)CC2)C[C@H]1C(=O)O. The van der Waals surface area contributed by atoms with Crippen molar-refractivity contribution in [1.82, 2.24) is 9.80 Å². The second kappa shape index (κ2) is 10.9. The fourth-order valence-electron chi connectivity index (χ4n) is 5.78. The van der Waals surface area contributed by atoms with Gasteiger partial charge in [-0.15, -0.1) is 0 Å². The van der Waals surface area contributed by atoms with Gasteiger partial charge in [-0.25, -0.2) is 14.4 Å². The monoisotopic (exact) mass is 536 g/mol. The first-order valence-electron chi connectivity index (χ1n) is 13.6. The molecule has 2 aliphatic heterocycles. The average Bonchev–Trinajstić information content (AvgIpc) is 3.46. The Labute approximate surface area is 228 Å². The maximum Gasteiger partial charge on any atom is 0.411 e. The van der Waals surface area contributed by atoms with Gasteiger partial charge in [0, 0.05) is 25.4 Å². The second-order valence-electron chi connectivity index (χ2n) is 11.5.